The fourth-order valence-corrected chi connectivity index (χ4v) is 4.80. The van der Waals surface area contributed by atoms with Gasteiger partial charge in [-0.05, 0) is 104 Å². The molecule has 21 heteroatoms. The van der Waals surface area contributed by atoms with Crippen LogP contribution in [0.5, 0.6) is 0 Å². The van der Waals surface area contributed by atoms with Crippen molar-refractivity contribution in [2.75, 3.05) is 58.9 Å². The summed E-state index contributed by atoms with van der Waals surface area (Å²) in [7, 11) is 0. The first-order valence-electron chi connectivity index (χ1n) is 20.7. The number of alkyl carbamates (subject to hydrolysis) is 5. The molecule has 62 heavy (non-hydrogen) atoms. The van der Waals surface area contributed by atoms with Crippen molar-refractivity contribution in [2.24, 2.45) is 17.8 Å². The topological polar surface area (TPSA) is 270 Å². The lowest BCUT2D eigenvalue weighted by molar-refractivity contribution is -0.135. The summed E-state index contributed by atoms with van der Waals surface area (Å²) in [6, 6.07) is 0. The van der Waals surface area contributed by atoms with Crippen LogP contribution in [0.1, 0.15) is 111 Å². The molecule has 1 atom stereocenters. The number of ether oxygens (including phenoxy) is 5. The van der Waals surface area contributed by atoms with Gasteiger partial charge >= 0.3 is 30.5 Å². The maximum absolute atomic E-state index is 13.8. The third kappa shape index (κ3) is 29.9. The van der Waals surface area contributed by atoms with Gasteiger partial charge in [0.15, 0.2) is 0 Å². The molecule has 0 heterocycles. The van der Waals surface area contributed by atoms with Crippen molar-refractivity contribution in [3.63, 3.8) is 0 Å². The van der Waals surface area contributed by atoms with Crippen molar-refractivity contribution in [1.82, 2.24) is 42.1 Å². The first-order chi connectivity index (χ1) is 28.1. The molecule has 0 spiro atoms. The highest BCUT2D eigenvalue weighted by molar-refractivity contribution is 5.82. The highest BCUT2D eigenvalue weighted by Crippen LogP contribution is 2.11. The molecule has 0 aliphatic carbocycles. The van der Waals surface area contributed by atoms with Crippen LogP contribution in [0.3, 0.4) is 0 Å². The Bertz CT molecular complexity index is 1360. The molecule has 0 bridgehead atoms. The van der Waals surface area contributed by atoms with Gasteiger partial charge in [-0.2, -0.15) is 0 Å². The molecule has 358 valence electrons. The summed E-state index contributed by atoms with van der Waals surface area (Å²) in [6.45, 7) is 25.6. The quantitative estimate of drug-likeness (QED) is 0.0917. The van der Waals surface area contributed by atoms with Crippen LogP contribution in [0.15, 0.2) is 0 Å². The number of rotatable bonds is 19. The van der Waals surface area contributed by atoms with Gasteiger partial charge in [-0.15, -0.1) is 0 Å². The molecule has 0 aromatic rings. The predicted octanol–water partition coefficient (Wildman–Crippen LogP) is 3.54. The average molecular weight is 889 g/mol. The van der Waals surface area contributed by atoms with Gasteiger partial charge in [0.2, 0.25) is 17.7 Å². The Morgan fingerprint density at radius 1 is 0.387 bits per heavy atom. The van der Waals surface area contributed by atoms with E-state index in [4.69, 9.17) is 23.7 Å². The number of hydrogen-bond acceptors (Lipinski definition) is 13. The van der Waals surface area contributed by atoms with Crippen LogP contribution in [0, 0.1) is 17.8 Å². The fourth-order valence-electron chi connectivity index (χ4n) is 4.80. The van der Waals surface area contributed by atoms with Crippen molar-refractivity contribution in [2.45, 2.75) is 139 Å². The molecular weight excluding hydrogens is 812 g/mol. The smallest absolute Gasteiger partial charge is 0.407 e. The summed E-state index contributed by atoms with van der Waals surface area (Å²) in [4.78, 5) is 104. The lowest BCUT2D eigenvalue weighted by Gasteiger charge is -2.28. The van der Waals surface area contributed by atoms with Gasteiger partial charge in [-0.1, -0.05) is 6.92 Å². The second-order valence-electron chi connectivity index (χ2n) is 19.6. The second kappa shape index (κ2) is 25.0. The number of nitrogens with zero attached hydrogens (tertiary/aromatic N) is 1. The van der Waals surface area contributed by atoms with E-state index in [-0.39, 0.29) is 58.9 Å². The van der Waals surface area contributed by atoms with Gasteiger partial charge in [0.25, 0.3) is 0 Å². The van der Waals surface area contributed by atoms with Crippen LogP contribution in [0.25, 0.3) is 0 Å². The van der Waals surface area contributed by atoms with Crippen molar-refractivity contribution in [3.8, 4) is 0 Å². The highest BCUT2D eigenvalue weighted by Gasteiger charge is 2.28. The van der Waals surface area contributed by atoms with Crippen molar-refractivity contribution in [3.05, 3.63) is 0 Å². The number of nitrogens with one attached hydrogen (secondary N) is 7. The summed E-state index contributed by atoms with van der Waals surface area (Å²) in [5.41, 5.74) is -3.99. The van der Waals surface area contributed by atoms with E-state index in [0.717, 1.165) is 0 Å². The van der Waals surface area contributed by atoms with Crippen LogP contribution in [-0.2, 0) is 38.1 Å². The SMILES string of the molecule is CC(CNC(=O)OC(C)(C)C)C(=O)N(CCNC(=O)C(CNC(=O)OC(C)(C)C)CNC(=O)OC(C)(C)C)CCNC(=O)C(CNC(=O)OC(C)(C)C)CNC(=O)OC(C)(C)C. The Hall–Kier alpha value is -5.24. The maximum Gasteiger partial charge on any atom is 0.407 e. The third-order valence-corrected chi connectivity index (χ3v) is 7.35. The zero-order valence-electron chi connectivity index (χ0n) is 39.9. The molecule has 0 saturated carbocycles. The molecule has 0 fully saturated rings. The van der Waals surface area contributed by atoms with Crippen LogP contribution < -0.4 is 37.2 Å². The second-order valence-corrected chi connectivity index (χ2v) is 19.6. The van der Waals surface area contributed by atoms with Gasteiger partial charge in [-0.25, -0.2) is 24.0 Å². The Balaban J connectivity index is 6.11. The maximum atomic E-state index is 13.8. The van der Waals surface area contributed by atoms with Crippen molar-refractivity contribution >= 4 is 48.2 Å². The lowest BCUT2D eigenvalue weighted by Crippen LogP contribution is -2.50. The van der Waals surface area contributed by atoms with E-state index in [2.05, 4.69) is 37.2 Å². The molecule has 0 radical (unpaired) electrons. The normalized spacial score (nSPS) is 12.5. The summed E-state index contributed by atoms with van der Waals surface area (Å²) >= 11 is 0. The molecule has 0 aromatic heterocycles. The van der Waals surface area contributed by atoms with Crippen molar-refractivity contribution in [1.29, 1.82) is 0 Å². The van der Waals surface area contributed by atoms with Gasteiger partial charge in [0.1, 0.15) is 28.0 Å². The van der Waals surface area contributed by atoms with Crippen LogP contribution in [-0.4, -0.2) is 140 Å². The molecule has 8 amide bonds. The van der Waals surface area contributed by atoms with Crippen LogP contribution in [0.2, 0.25) is 0 Å². The standard InChI is InChI=1S/C41H76N8O13/c1-26(21-44-32(53)58-37(2,3)4)31(52)49(19-17-42-29(50)27(22-45-33(54)59-38(5,6)7)23-46-34(55)60-39(8,9)10)20-18-43-30(51)28(24-47-35(56)61-40(11,12)13)25-48-36(57)62-41(14,15)16/h26-28H,17-25H2,1-16H3,(H,42,50)(H,43,51)(H,44,53)(H,45,54)(H,46,55)(H,47,56)(H,48,57). The molecule has 0 aromatic carbocycles. The van der Waals surface area contributed by atoms with Gasteiger partial charge in [-0.3, -0.25) is 14.4 Å². The number of carbonyl (C=O) groups is 8. The molecule has 21 nitrogen and oxygen atoms in total. The monoisotopic (exact) mass is 889 g/mol. The van der Waals surface area contributed by atoms with E-state index >= 15 is 0 Å². The Morgan fingerprint density at radius 3 is 0.839 bits per heavy atom. The molecule has 7 N–H and O–H groups in total. The first-order valence-corrected chi connectivity index (χ1v) is 20.7. The minimum absolute atomic E-state index is 0.0627. The van der Waals surface area contributed by atoms with E-state index < -0.39 is 93.9 Å². The van der Waals surface area contributed by atoms with Gasteiger partial charge in [0, 0.05) is 58.9 Å². The lowest BCUT2D eigenvalue weighted by atomic mass is 10.1. The minimum Gasteiger partial charge on any atom is -0.444 e. The average Bonchev–Trinajstić information content (AvgIpc) is 3.05. The molecule has 0 saturated heterocycles. The first kappa shape index (κ1) is 56.8. The van der Waals surface area contributed by atoms with E-state index in [1.54, 1.807) is 111 Å². The molecule has 0 aliphatic heterocycles. The van der Waals surface area contributed by atoms with E-state index in [1.807, 2.05) is 0 Å². The molecule has 1 unspecified atom stereocenters. The fraction of sp³-hybridized carbons (Fsp3) is 0.805. The predicted molar refractivity (Wildman–Crippen MR) is 230 cm³/mol. The Kier molecular flexibility index (Phi) is 22.9. The van der Waals surface area contributed by atoms with E-state index in [0.29, 0.717) is 0 Å². The number of carbonyl (C=O) groups excluding carboxylic acids is 8. The summed E-state index contributed by atoms with van der Waals surface area (Å²) in [6.07, 6.45) is -3.82. The Morgan fingerprint density at radius 2 is 0.613 bits per heavy atom. The van der Waals surface area contributed by atoms with Gasteiger partial charge in [0.05, 0.1) is 17.8 Å². The largest absolute Gasteiger partial charge is 0.444 e. The van der Waals surface area contributed by atoms with Crippen LogP contribution >= 0.6 is 0 Å². The van der Waals surface area contributed by atoms with Gasteiger partial charge < -0.3 is 65.8 Å². The highest BCUT2D eigenvalue weighted by atomic mass is 16.6. The van der Waals surface area contributed by atoms with E-state index in [1.165, 1.54) is 4.90 Å². The van der Waals surface area contributed by atoms with Crippen LogP contribution in [0.4, 0.5) is 24.0 Å². The number of hydrogen-bond donors (Lipinski definition) is 7. The zero-order valence-corrected chi connectivity index (χ0v) is 39.9. The third-order valence-electron chi connectivity index (χ3n) is 7.35. The van der Waals surface area contributed by atoms with Crippen molar-refractivity contribution < 1.29 is 62.0 Å². The summed E-state index contributed by atoms with van der Waals surface area (Å²) < 4.78 is 26.4. The molecule has 0 aliphatic rings. The zero-order chi connectivity index (χ0) is 48.3. The minimum atomic E-state index is -0.990. The Labute approximate surface area is 367 Å². The van der Waals surface area contributed by atoms with E-state index in [9.17, 15) is 38.4 Å². The summed E-state index contributed by atoms with van der Waals surface area (Å²) in [5, 5.41) is 18.2. The molecular formula is C41H76N8O13. The number of amides is 8. The molecule has 0 rings (SSSR count). The summed E-state index contributed by atoms with van der Waals surface area (Å²) in [5.74, 6) is -4.34.